The summed E-state index contributed by atoms with van der Waals surface area (Å²) < 4.78 is 10.7. The predicted octanol–water partition coefficient (Wildman–Crippen LogP) is 4.40. The first-order valence-electron chi connectivity index (χ1n) is 9.60. The van der Waals surface area contributed by atoms with Gasteiger partial charge in [0.2, 0.25) is 0 Å². The van der Waals surface area contributed by atoms with Gasteiger partial charge >= 0.3 is 5.97 Å². The van der Waals surface area contributed by atoms with Gasteiger partial charge in [-0.15, -0.1) is 0 Å². The molecule has 3 aromatic rings. The number of benzene rings is 3. The summed E-state index contributed by atoms with van der Waals surface area (Å²) in [4.78, 5) is 26.0. The zero-order chi connectivity index (χ0) is 21.3. The van der Waals surface area contributed by atoms with Crippen molar-refractivity contribution in [3.8, 4) is 5.75 Å². The van der Waals surface area contributed by atoms with Crippen LogP contribution in [0.4, 0.5) is 17.1 Å². The van der Waals surface area contributed by atoms with Crippen LogP contribution in [-0.2, 0) is 14.3 Å². The minimum absolute atomic E-state index is 0.280. The second kappa shape index (κ2) is 10.1. The van der Waals surface area contributed by atoms with E-state index in [2.05, 4.69) is 5.32 Å². The van der Waals surface area contributed by atoms with E-state index in [1.54, 1.807) is 26.1 Å². The number of anilines is 3. The highest BCUT2D eigenvalue weighted by molar-refractivity contribution is 5.96. The second-order valence-corrected chi connectivity index (χ2v) is 6.67. The maximum Gasteiger partial charge on any atom is 0.344 e. The van der Waals surface area contributed by atoms with Crippen LogP contribution in [-0.4, -0.2) is 31.6 Å². The van der Waals surface area contributed by atoms with Gasteiger partial charge in [-0.3, -0.25) is 4.79 Å². The van der Waals surface area contributed by atoms with Crippen molar-refractivity contribution >= 4 is 28.9 Å². The summed E-state index contributed by atoms with van der Waals surface area (Å²) in [6, 6.07) is 26.2. The first-order chi connectivity index (χ1) is 14.5. The standard InChI is InChI=1S/C24H24N2O4/c1-18(24(28)26(2)21-11-7-4-8-12-21)30-23(27)17-29-22-15-13-20(14-16-22)25-19-9-5-3-6-10-19/h3-16,18,25H,17H2,1-2H3/t18-/m1/s1. The zero-order valence-electron chi connectivity index (χ0n) is 16.9. The molecule has 6 nitrogen and oxygen atoms in total. The Morgan fingerprint density at radius 2 is 1.43 bits per heavy atom. The SMILES string of the molecule is C[C@@H](OC(=O)COc1ccc(Nc2ccccc2)cc1)C(=O)N(C)c1ccccc1. The molecule has 30 heavy (non-hydrogen) atoms. The highest BCUT2D eigenvalue weighted by Crippen LogP contribution is 2.20. The summed E-state index contributed by atoms with van der Waals surface area (Å²) in [6.45, 7) is 1.27. The number of hydrogen-bond acceptors (Lipinski definition) is 5. The van der Waals surface area contributed by atoms with Crippen molar-refractivity contribution in [3.63, 3.8) is 0 Å². The van der Waals surface area contributed by atoms with Crippen LogP contribution in [0.25, 0.3) is 0 Å². The molecule has 0 unspecified atom stereocenters. The summed E-state index contributed by atoms with van der Waals surface area (Å²) in [5.74, 6) is -0.388. The van der Waals surface area contributed by atoms with Crippen molar-refractivity contribution < 1.29 is 19.1 Å². The molecule has 0 aliphatic carbocycles. The number of rotatable bonds is 8. The fourth-order valence-electron chi connectivity index (χ4n) is 2.80. The predicted molar refractivity (Wildman–Crippen MR) is 117 cm³/mol. The smallest absolute Gasteiger partial charge is 0.344 e. The number of nitrogens with zero attached hydrogens (tertiary/aromatic N) is 1. The second-order valence-electron chi connectivity index (χ2n) is 6.67. The third-order valence-electron chi connectivity index (χ3n) is 4.40. The number of carbonyl (C=O) groups is 2. The Morgan fingerprint density at radius 1 is 0.867 bits per heavy atom. The number of para-hydroxylation sites is 2. The lowest BCUT2D eigenvalue weighted by Crippen LogP contribution is -2.38. The van der Waals surface area contributed by atoms with E-state index in [1.807, 2.05) is 72.8 Å². The Bertz CT molecular complexity index is 960. The average molecular weight is 404 g/mol. The molecule has 0 saturated heterocycles. The lowest BCUT2D eigenvalue weighted by Gasteiger charge is -2.21. The monoisotopic (exact) mass is 404 g/mol. The molecule has 0 saturated carbocycles. The average Bonchev–Trinajstić information content (AvgIpc) is 2.79. The minimum Gasteiger partial charge on any atom is -0.482 e. The third-order valence-corrected chi connectivity index (χ3v) is 4.40. The number of hydrogen-bond donors (Lipinski definition) is 1. The molecule has 6 heteroatoms. The molecule has 0 heterocycles. The Labute approximate surface area is 176 Å². The number of amides is 1. The summed E-state index contributed by atoms with van der Waals surface area (Å²) in [5, 5.41) is 3.27. The minimum atomic E-state index is -0.913. The van der Waals surface area contributed by atoms with E-state index in [0.717, 1.165) is 17.1 Å². The van der Waals surface area contributed by atoms with Crippen molar-refractivity contribution in [2.45, 2.75) is 13.0 Å². The molecular formula is C24H24N2O4. The van der Waals surface area contributed by atoms with Crippen molar-refractivity contribution in [2.24, 2.45) is 0 Å². The Kier molecular flexibility index (Phi) is 7.05. The molecule has 0 bridgehead atoms. The van der Waals surface area contributed by atoms with Crippen LogP contribution in [0.2, 0.25) is 0 Å². The van der Waals surface area contributed by atoms with Crippen LogP contribution in [0.1, 0.15) is 6.92 Å². The maximum atomic E-state index is 12.4. The Balaban J connectivity index is 1.46. The third kappa shape index (κ3) is 5.85. The van der Waals surface area contributed by atoms with Gasteiger partial charge in [-0.05, 0) is 55.5 Å². The fraction of sp³-hybridized carbons (Fsp3) is 0.167. The van der Waals surface area contributed by atoms with Gasteiger partial charge in [0.25, 0.3) is 5.91 Å². The van der Waals surface area contributed by atoms with Gasteiger partial charge in [0.1, 0.15) is 5.75 Å². The molecule has 3 rings (SSSR count). The largest absolute Gasteiger partial charge is 0.482 e. The van der Waals surface area contributed by atoms with Crippen molar-refractivity contribution in [1.29, 1.82) is 0 Å². The van der Waals surface area contributed by atoms with Crippen LogP contribution in [0.3, 0.4) is 0 Å². The van der Waals surface area contributed by atoms with Gasteiger partial charge in [-0.1, -0.05) is 36.4 Å². The lowest BCUT2D eigenvalue weighted by molar-refractivity contribution is -0.155. The molecular weight excluding hydrogens is 380 g/mol. The quantitative estimate of drug-likeness (QED) is 0.564. The first-order valence-corrected chi connectivity index (χ1v) is 9.60. The highest BCUT2D eigenvalue weighted by atomic mass is 16.6. The van der Waals surface area contributed by atoms with Crippen LogP contribution >= 0.6 is 0 Å². The van der Waals surface area contributed by atoms with Crippen LogP contribution in [0.15, 0.2) is 84.9 Å². The van der Waals surface area contributed by atoms with Crippen LogP contribution in [0.5, 0.6) is 5.75 Å². The fourth-order valence-corrected chi connectivity index (χ4v) is 2.80. The molecule has 154 valence electrons. The van der Waals surface area contributed by atoms with Gasteiger partial charge in [0.05, 0.1) is 0 Å². The van der Waals surface area contributed by atoms with E-state index in [9.17, 15) is 9.59 Å². The summed E-state index contributed by atoms with van der Waals surface area (Å²) >= 11 is 0. The number of likely N-dealkylation sites (N-methyl/N-ethyl adjacent to an activating group) is 1. The van der Waals surface area contributed by atoms with E-state index in [1.165, 1.54) is 4.90 Å². The van der Waals surface area contributed by atoms with Crippen molar-refractivity contribution in [1.82, 2.24) is 0 Å². The van der Waals surface area contributed by atoms with E-state index in [-0.39, 0.29) is 12.5 Å². The molecule has 0 spiro atoms. The summed E-state index contributed by atoms with van der Waals surface area (Å²) in [6.07, 6.45) is -0.913. The van der Waals surface area contributed by atoms with Gasteiger partial charge in [0.15, 0.2) is 12.7 Å². The van der Waals surface area contributed by atoms with E-state index in [0.29, 0.717) is 5.75 Å². The number of ether oxygens (including phenoxy) is 2. The van der Waals surface area contributed by atoms with E-state index in [4.69, 9.17) is 9.47 Å². The zero-order valence-corrected chi connectivity index (χ0v) is 16.9. The topological polar surface area (TPSA) is 67.9 Å². The van der Waals surface area contributed by atoms with Gasteiger partial charge in [0, 0.05) is 24.1 Å². The molecule has 0 aliphatic heterocycles. The number of carbonyl (C=O) groups excluding carboxylic acids is 2. The summed E-state index contributed by atoms with van der Waals surface area (Å²) in [7, 11) is 1.64. The molecule has 0 aliphatic rings. The lowest BCUT2D eigenvalue weighted by atomic mass is 10.2. The van der Waals surface area contributed by atoms with Crippen LogP contribution < -0.4 is 15.0 Å². The molecule has 0 fully saturated rings. The van der Waals surface area contributed by atoms with Gasteiger partial charge in [-0.2, -0.15) is 0 Å². The van der Waals surface area contributed by atoms with E-state index >= 15 is 0 Å². The molecule has 1 atom stereocenters. The van der Waals surface area contributed by atoms with Crippen molar-refractivity contribution in [3.05, 3.63) is 84.9 Å². The Morgan fingerprint density at radius 3 is 2.07 bits per heavy atom. The van der Waals surface area contributed by atoms with Gasteiger partial charge < -0.3 is 19.7 Å². The van der Waals surface area contributed by atoms with Crippen LogP contribution in [0, 0.1) is 0 Å². The normalized spacial score (nSPS) is 11.3. The number of nitrogens with one attached hydrogen (secondary N) is 1. The molecule has 0 radical (unpaired) electrons. The van der Waals surface area contributed by atoms with Gasteiger partial charge in [-0.25, -0.2) is 4.79 Å². The molecule has 0 aromatic heterocycles. The first kappa shape index (κ1) is 20.9. The molecule has 1 N–H and O–H groups in total. The maximum absolute atomic E-state index is 12.4. The molecule has 1 amide bonds. The molecule has 3 aromatic carbocycles. The summed E-state index contributed by atoms with van der Waals surface area (Å²) in [5.41, 5.74) is 2.61. The van der Waals surface area contributed by atoms with E-state index < -0.39 is 12.1 Å². The number of esters is 1. The highest BCUT2D eigenvalue weighted by Gasteiger charge is 2.22. The van der Waals surface area contributed by atoms with Crippen molar-refractivity contribution in [2.75, 3.05) is 23.9 Å². The Hall–Kier alpha value is -3.80.